The van der Waals surface area contributed by atoms with Crippen molar-refractivity contribution in [1.82, 2.24) is 19.5 Å². The van der Waals surface area contributed by atoms with Gasteiger partial charge in [0, 0.05) is 51.5 Å². The lowest BCUT2D eigenvalue weighted by Gasteiger charge is -2.12. The van der Waals surface area contributed by atoms with E-state index in [0.29, 0.717) is 13.1 Å². The number of aromatic amines is 1. The number of anilines is 1. The molecule has 0 aliphatic heterocycles. The zero-order valence-corrected chi connectivity index (χ0v) is 19.4. The van der Waals surface area contributed by atoms with Crippen LogP contribution in [0.3, 0.4) is 0 Å². The Morgan fingerprint density at radius 3 is 2.39 bits per heavy atom. The summed E-state index contributed by atoms with van der Waals surface area (Å²) >= 11 is 0. The molecule has 0 fully saturated rings. The first-order chi connectivity index (χ1) is 17.8. The van der Waals surface area contributed by atoms with Crippen molar-refractivity contribution in [3.8, 4) is 0 Å². The second-order valence-electron chi connectivity index (χ2n) is 8.99. The minimum Gasteiger partial charge on any atom is -0.363 e. The summed E-state index contributed by atoms with van der Waals surface area (Å²) in [7, 11) is 0. The van der Waals surface area contributed by atoms with E-state index >= 15 is 0 Å². The van der Waals surface area contributed by atoms with Crippen LogP contribution in [0.2, 0.25) is 0 Å². The number of aromatic nitrogens is 4. The van der Waals surface area contributed by atoms with E-state index in [1.54, 1.807) is 0 Å². The number of rotatable bonds is 5. The SMILES string of the molecule is Fc1ccc(Cn2c3ccccc3c3ccnc(NCc4nccc5c4[nH]c4ccccc45)c32)cc1. The van der Waals surface area contributed by atoms with Crippen LogP contribution in [-0.4, -0.2) is 19.5 Å². The van der Waals surface area contributed by atoms with Crippen molar-refractivity contribution < 1.29 is 4.39 Å². The molecule has 0 amide bonds. The largest absolute Gasteiger partial charge is 0.363 e. The van der Waals surface area contributed by atoms with E-state index in [4.69, 9.17) is 4.98 Å². The van der Waals surface area contributed by atoms with Gasteiger partial charge in [-0.25, -0.2) is 9.37 Å². The molecule has 3 aromatic carbocycles. The molecule has 0 unspecified atom stereocenters. The molecule has 0 bridgehead atoms. The Kier molecular flexibility index (Phi) is 4.70. The van der Waals surface area contributed by atoms with Crippen LogP contribution in [0.5, 0.6) is 0 Å². The fourth-order valence-electron chi connectivity index (χ4n) is 5.20. The van der Waals surface area contributed by atoms with Gasteiger partial charge in [-0.1, -0.05) is 48.5 Å². The standard InChI is InChI=1S/C30H22FN5/c31-20-11-9-19(10-12-20)18-36-27-8-4-2-6-22(27)24-14-16-33-30(29(24)36)34-17-26-28-23(13-15-32-26)21-5-1-3-7-25(21)35-28/h1-16,35H,17-18H2,(H,33,34). The number of nitrogens with zero attached hydrogens (tertiary/aromatic N) is 3. The summed E-state index contributed by atoms with van der Waals surface area (Å²) in [6, 6.07) is 27.4. The predicted octanol–water partition coefficient (Wildman–Crippen LogP) is 7.02. The number of fused-ring (bicyclic) bond motifs is 6. The Hall–Kier alpha value is -4.71. The summed E-state index contributed by atoms with van der Waals surface area (Å²) < 4.78 is 15.8. The van der Waals surface area contributed by atoms with Gasteiger partial charge in [-0.15, -0.1) is 0 Å². The highest BCUT2D eigenvalue weighted by Crippen LogP contribution is 2.34. The molecule has 7 rings (SSSR count). The number of hydrogen-bond donors (Lipinski definition) is 2. The van der Waals surface area contributed by atoms with Crippen molar-refractivity contribution in [3.63, 3.8) is 0 Å². The molecule has 0 saturated heterocycles. The zero-order chi connectivity index (χ0) is 24.1. The van der Waals surface area contributed by atoms with Crippen molar-refractivity contribution >= 4 is 49.4 Å². The topological polar surface area (TPSA) is 58.5 Å². The Morgan fingerprint density at radius 1 is 0.750 bits per heavy atom. The Bertz CT molecular complexity index is 1880. The van der Waals surface area contributed by atoms with Gasteiger partial charge in [0.05, 0.1) is 23.3 Å². The van der Waals surface area contributed by atoms with E-state index in [0.717, 1.165) is 55.3 Å². The van der Waals surface area contributed by atoms with E-state index in [9.17, 15) is 4.39 Å². The first-order valence-electron chi connectivity index (χ1n) is 11.9. The third kappa shape index (κ3) is 3.30. The lowest BCUT2D eigenvalue weighted by Crippen LogP contribution is -2.07. The van der Waals surface area contributed by atoms with Gasteiger partial charge in [-0.2, -0.15) is 0 Å². The summed E-state index contributed by atoms with van der Waals surface area (Å²) in [4.78, 5) is 12.9. The molecule has 0 spiro atoms. The molecule has 2 N–H and O–H groups in total. The Balaban J connectivity index is 1.33. The average Bonchev–Trinajstić information content (AvgIpc) is 3.46. The number of pyridine rings is 2. The van der Waals surface area contributed by atoms with Crippen LogP contribution in [0.1, 0.15) is 11.3 Å². The maximum Gasteiger partial charge on any atom is 0.150 e. The van der Waals surface area contributed by atoms with Crippen molar-refractivity contribution in [1.29, 1.82) is 0 Å². The maximum absolute atomic E-state index is 13.5. The molecule has 0 aliphatic rings. The first kappa shape index (κ1) is 20.6. The normalized spacial score (nSPS) is 11.7. The molecule has 4 aromatic heterocycles. The van der Waals surface area contributed by atoms with E-state index < -0.39 is 0 Å². The minimum atomic E-state index is -0.233. The smallest absolute Gasteiger partial charge is 0.150 e. The molecule has 0 atom stereocenters. The lowest BCUT2D eigenvalue weighted by molar-refractivity contribution is 0.626. The summed E-state index contributed by atoms with van der Waals surface area (Å²) in [6.45, 7) is 1.13. The summed E-state index contributed by atoms with van der Waals surface area (Å²) in [5.74, 6) is 0.560. The third-order valence-electron chi connectivity index (χ3n) is 6.86. The third-order valence-corrected chi connectivity index (χ3v) is 6.86. The Labute approximate surface area is 206 Å². The van der Waals surface area contributed by atoms with Gasteiger partial charge in [0.25, 0.3) is 0 Å². The first-order valence-corrected chi connectivity index (χ1v) is 11.9. The number of halogens is 1. The quantitative estimate of drug-likeness (QED) is 0.284. The van der Waals surface area contributed by atoms with Crippen molar-refractivity contribution in [2.24, 2.45) is 0 Å². The van der Waals surface area contributed by atoms with Crippen LogP contribution in [0.25, 0.3) is 43.6 Å². The van der Waals surface area contributed by atoms with E-state index in [1.807, 2.05) is 36.7 Å². The summed E-state index contributed by atoms with van der Waals surface area (Å²) in [5, 5.41) is 8.20. The van der Waals surface area contributed by atoms with Crippen LogP contribution >= 0.6 is 0 Å². The van der Waals surface area contributed by atoms with Gasteiger partial charge in [-0.05, 0) is 42.0 Å². The number of benzene rings is 3. The molecular weight excluding hydrogens is 449 g/mol. The minimum absolute atomic E-state index is 0.233. The predicted molar refractivity (Wildman–Crippen MR) is 144 cm³/mol. The van der Waals surface area contributed by atoms with E-state index in [1.165, 1.54) is 17.5 Å². The molecule has 7 aromatic rings. The van der Waals surface area contributed by atoms with Crippen LogP contribution in [0.4, 0.5) is 10.2 Å². The number of hydrogen-bond acceptors (Lipinski definition) is 3. The van der Waals surface area contributed by atoms with E-state index in [2.05, 4.69) is 68.4 Å². The molecular formula is C30H22FN5. The summed E-state index contributed by atoms with van der Waals surface area (Å²) in [5.41, 5.74) is 6.23. The Morgan fingerprint density at radius 2 is 1.50 bits per heavy atom. The highest BCUT2D eigenvalue weighted by molar-refractivity contribution is 6.11. The molecule has 36 heavy (non-hydrogen) atoms. The molecule has 5 nitrogen and oxygen atoms in total. The zero-order valence-electron chi connectivity index (χ0n) is 19.4. The second kappa shape index (κ2) is 8.20. The number of nitrogens with one attached hydrogen (secondary N) is 2. The molecule has 0 aliphatic carbocycles. The number of H-pyrrole nitrogens is 1. The van der Waals surface area contributed by atoms with Gasteiger partial charge in [-0.3, -0.25) is 4.98 Å². The van der Waals surface area contributed by atoms with Gasteiger partial charge in [0.1, 0.15) is 5.82 Å². The van der Waals surface area contributed by atoms with Crippen LogP contribution in [-0.2, 0) is 13.1 Å². The maximum atomic E-state index is 13.5. The van der Waals surface area contributed by atoms with Crippen molar-refractivity contribution in [2.75, 3.05) is 5.32 Å². The fourth-order valence-corrected chi connectivity index (χ4v) is 5.20. The second-order valence-corrected chi connectivity index (χ2v) is 8.99. The summed E-state index contributed by atoms with van der Waals surface area (Å²) in [6.07, 6.45) is 3.70. The number of para-hydroxylation sites is 2. The molecule has 4 heterocycles. The van der Waals surface area contributed by atoms with Gasteiger partial charge < -0.3 is 14.9 Å². The molecule has 6 heteroatoms. The van der Waals surface area contributed by atoms with Gasteiger partial charge in [0.2, 0.25) is 0 Å². The molecule has 0 saturated carbocycles. The van der Waals surface area contributed by atoms with Crippen LogP contribution < -0.4 is 5.32 Å². The van der Waals surface area contributed by atoms with Crippen molar-refractivity contribution in [3.05, 3.63) is 114 Å². The average molecular weight is 472 g/mol. The molecule has 174 valence electrons. The monoisotopic (exact) mass is 471 g/mol. The van der Waals surface area contributed by atoms with Crippen LogP contribution in [0.15, 0.2) is 97.3 Å². The lowest BCUT2D eigenvalue weighted by atomic mass is 10.1. The van der Waals surface area contributed by atoms with Crippen LogP contribution in [0, 0.1) is 5.82 Å². The van der Waals surface area contributed by atoms with E-state index in [-0.39, 0.29) is 5.82 Å². The fraction of sp³-hybridized carbons (Fsp3) is 0.0667. The van der Waals surface area contributed by atoms with Gasteiger partial charge in [0.15, 0.2) is 5.82 Å². The highest BCUT2D eigenvalue weighted by Gasteiger charge is 2.16. The van der Waals surface area contributed by atoms with Gasteiger partial charge >= 0.3 is 0 Å². The van der Waals surface area contributed by atoms with Crippen molar-refractivity contribution in [2.45, 2.75) is 13.1 Å². The molecule has 0 radical (unpaired) electrons. The highest BCUT2D eigenvalue weighted by atomic mass is 19.1.